The number of carbonyl (C=O) groups excluding carboxylic acids is 1. The minimum Gasteiger partial charge on any atom is -0.384 e. The maximum absolute atomic E-state index is 11.9. The second-order valence-corrected chi connectivity index (χ2v) is 4.99. The van der Waals surface area contributed by atoms with Crippen molar-refractivity contribution in [2.75, 3.05) is 17.2 Å². The number of anilines is 2. The van der Waals surface area contributed by atoms with Crippen molar-refractivity contribution in [3.05, 3.63) is 33.7 Å². The summed E-state index contributed by atoms with van der Waals surface area (Å²) in [4.78, 5) is 11.9. The van der Waals surface area contributed by atoms with Crippen LogP contribution in [-0.4, -0.2) is 22.0 Å². The van der Waals surface area contributed by atoms with Gasteiger partial charge in [-0.15, -0.1) is 5.10 Å². The van der Waals surface area contributed by atoms with Gasteiger partial charge in [0.05, 0.1) is 11.4 Å². The molecule has 1 heterocycles. The van der Waals surface area contributed by atoms with E-state index in [4.69, 9.17) is 0 Å². The van der Waals surface area contributed by atoms with Crippen LogP contribution in [0.15, 0.2) is 28.1 Å². The van der Waals surface area contributed by atoms with Gasteiger partial charge in [0.15, 0.2) is 5.69 Å². The second-order valence-electron chi connectivity index (χ2n) is 3.46. The molecular formula is C11H11BrN4OS. The molecule has 0 fully saturated rings. The van der Waals surface area contributed by atoms with Gasteiger partial charge < -0.3 is 10.6 Å². The topological polar surface area (TPSA) is 66.9 Å². The smallest absolute Gasteiger partial charge is 0.277 e. The first kappa shape index (κ1) is 13.0. The highest BCUT2D eigenvalue weighted by Crippen LogP contribution is 2.26. The molecule has 0 radical (unpaired) electrons. The Hall–Kier alpha value is -1.47. The molecule has 0 aliphatic rings. The monoisotopic (exact) mass is 326 g/mol. The third kappa shape index (κ3) is 3.05. The van der Waals surface area contributed by atoms with Gasteiger partial charge in [0.1, 0.15) is 0 Å². The highest BCUT2D eigenvalue weighted by atomic mass is 79.9. The van der Waals surface area contributed by atoms with Gasteiger partial charge in [-0.05, 0) is 36.7 Å². The Morgan fingerprint density at radius 2 is 2.28 bits per heavy atom. The number of hydrogen-bond donors (Lipinski definition) is 2. The molecule has 0 bridgehead atoms. The molecule has 0 aliphatic heterocycles. The Kier molecular flexibility index (Phi) is 4.27. The average Bonchev–Trinajstić information content (AvgIpc) is 2.86. The lowest BCUT2D eigenvalue weighted by Gasteiger charge is -2.11. The molecule has 0 saturated carbocycles. The van der Waals surface area contributed by atoms with Crippen molar-refractivity contribution >= 4 is 44.7 Å². The Labute approximate surface area is 117 Å². The summed E-state index contributed by atoms with van der Waals surface area (Å²) in [5.74, 6) is -0.263. The molecule has 5 nitrogen and oxygen atoms in total. The molecule has 1 aromatic heterocycles. The van der Waals surface area contributed by atoms with Crippen molar-refractivity contribution in [1.29, 1.82) is 0 Å². The summed E-state index contributed by atoms with van der Waals surface area (Å²) in [6.07, 6.45) is 0. The number of nitrogens with zero attached hydrogens (tertiary/aromatic N) is 2. The van der Waals surface area contributed by atoms with Crippen molar-refractivity contribution in [2.45, 2.75) is 6.92 Å². The molecule has 0 atom stereocenters. The molecule has 0 saturated heterocycles. The maximum atomic E-state index is 11.9. The van der Waals surface area contributed by atoms with Gasteiger partial charge in [0.2, 0.25) is 0 Å². The molecule has 0 aliphatic carbocycles. The quantitative estimate of drug-likeness (QED) is 0.906. The van der Waals surface area contributed by atoms with E-state index in [9.17, 15) is 4.79 Å². The summed E-state index contributed by atoms with van der Waals surface area (Å²) in [5.41, 5.74) is 1.91. The van der Waals surface area contributed by atoms with E-state index in [2.05, 4.69) is 36.2 Å². The number of aromatic nitrogens is 2. The van der Waals surface area contributed by atoms with E-state index in [1.807, 2.05) is 25.1 Å². The lowest BCUT2D eigenvalue weighted by molar-refractivity contribution is 0.102. The van der Waals surface area contributed by atoms with Crippen LogP contribution in [0, 0.1) is 0 Å². The number of halogens is 1. The minimum atomic E-state index is -0.263. The fraction of sp³-hybridized carbons (Fsp3) is 0.182. The molecule has 1 aromatic carbocycles. The van der Waals surface area contributed by atoms with Crippen LogP contribution < -0.4 is 10.6 Å². The number of benzene rings is 1. The van der Waals surface area contributed by atoms with Crippen LogP contribution in [0.1, 0.15) is 17.4 Å². The summed E-state index contributed by atoms with van der Waals surface area (Å²) < 4.78 is 4.57. The zero-order valence-electron chi connectivity index (χ0n) is 9.61. The standard InChI is InChI=1S/C11H11BrN4OS/c1-2-13-8-4-3-7(12)5-9(8)14-11(17)10-6-18-16-15-10/h3-6,13H,2H2,1H3,(H,14,17). The van der Waals surface area contributed by atoms with E-state index in [-0.39, 0.29) is 5.91 Å². The lowest BCUT2D eigenvalue weighted by Crippen LogP contribution is -2.14. The van der Waals surface area contributed by atoms with Crippen LogP contribution in [0.5, 0.6) is 0 Å². The number of amides is 1. The summed E-state index contributed by atoms with van der Waals surface area (Å²) in [5, 5.41) is 11.3. The van der Waals surface area contributed by atoms with Crippen molar-refractivity contribution < 1.29 is 4.79 Å². The van der Waals surface area contributed by atoms with Crippen LogP contribution in [-0.2, 0) is 0 Å². The Balaban J connectivity index is 2.22. The maximum Gasteiger partial charge on any atom is 0.277 e. The Morgan fingerprint density at radius 1 is 1.44 bits per heavy atom. The zero-order chi connectivity index (χ0) is 13.0. The molecule has 94 valence electrons. The molecule has 7 heteroatoms. The molecule has 2 rings (SSSR count). The van der Waals surface area contributed by atoms with E-state index in [0.29, 0.717) is 11.4 Å². The third-order valence-corrected chi connectivity index (χ3v) is 3.19. The second kappa shape index (κ2) is 5.92. The average molecular weight is 327 g/mol. The molecule has 0 spiro atoms. The van der Waals surface area contributed by atoms with Crippen LogP contribution in [0.25, 0.3) is 0 Å². The molecule has 2 N–H and O–H groups in total. The summed E-state index contributed by atoms with van der Waals surface area (Å²) in [7, 11) is 0. The Morgan fingerprint density at radius 3 is 2.94 bits per heavy atom. The van der Waals surface area contributed by atoms with Crippen LogP contribution >= 0.6 is 27.5 Å². The minimum absolute atomic E-state index is 0.263. The summed E-state index contributed by atoms with van der Waals surface area (Å²) in [6.45, 7) is 2.78. The lowest BCUT2D eigenvalue weighted by atomic mass is 10.2. The van der Waals surface area contributed by atoms with Gasteiger partial charge in [-0.3, -0.25) is 4.79 Å². The SMILES string of the molecule is CCNc1ccc(Br)cc1NC(=O)c1csnn1. The number of rotatable bonds is 4. The van der Waals surface area contributed by atoms with E-state index >= 15 is 0 Å². The first-order chi connectivity index (χ1) is 8.70. The van der Waals surface area contributed by atoms with Gasteiger partial charge in [-0.1, -0.05) is 20.4 Å². The number of hydrogen-bond acceptors (Lipinski definition) is 5. The number of carbonyl (C=O) groups is 1. The van der Waals surface area contributed by atoms with Gasteiger partial charge in [-0.25, -0.2) is 0 Å². The van der Waals surface area contributed by atoms with Gasteiger partial charge in [0, 0.05) is 16.4 Å². The van der Waals surface area contributed by atoms with Crippen molar-refractivity contribution in [3.8, 4) is 0 Å². The largest absolute Gasteiger partial charge is 0.384 e. The normalized spacial score (nSPS) is 10.1. The van der Waals surface area contributed by atoms with Crippen molar-refractivity contribution in [2.24, 2.45) is 0 Å². The summed E-state index contributed by atoms with van der Waals surface area (Å²) in [6, 6.07) is 5.66. The zero-order valence-corrected chi connectivity index (χ0v) is 12.0. The first-order valence-electron chi connectivity index (χ1n) is 5.32. The van der Waals surface area contributed by atoms with E-state index in [1.165, 1.54) is 0 Å². The van der Waals surface area contributed by atoms with Crippen LogP contribution in [0.4, 0.5) is 11.4 Å². The van der Waals surface area contributed by atoms with Gasteiger partial charge in [0.25, 0.3) is 5.91 Å². The van der Waals surface area contributed by atoms with E-state index in [1.54, 1.807) is 5.38 Å². The summed E-state index contributed by atoms with van der Waals surface area (Å²) >= 11 is 4.53. The first-order valence-corrected chi connectivity index (χ1v) is 6.95. The molecule has 18 heavy (non-hydrogen) atoms. The van der Waals surface area contributed by atoms with E-state index < -0.39 is 0 Å². The van der Waals surface area contributed by atoms with Gasteiger partial charge in [-0.2, -0.15) is 0 Å². The van der Waals surface area contributed by atoms with E-state index in [0.717, 1.165) is 28.2 Å². The molecular weight excluding hydrogens is 316 g/mol. The molecule has 2 aromatic rings. The predicted octanol–water partition coefficient (Wildman–Crippen LogP) is 2.98. The molecule has 1 amide bonds. The molecule has 0 unspecified atom stereocenters. The van der Waals surface area contributed by atoms with Gasteiger partial charge >= 0.3 is 0 Å². The van der Waals surface area contributed by atoms with Crippen molar-refractivity contribution in [1.82, 2.24) is 9.59 Å². The van der Waals surface area contributed by atoms with Crippen molar-refractivity contribution in [3.63, 3.8) is 0 Å². The fourth-order valence-electron chi connectivity index (χ4n) is 1.41. The van der Waals surface area contributed by atoms with Crippen LogP contribution in [0.3, 0.4) is 0 Å². The third-order valence-electron chi connectivity index (χ3n) is 2.19. The highest BCUT2D eigenvalue weighted by Gasteiger charge is 2.11. The predicted molar refractivity (Wildman–Crippen MR) is 76.2 cm³/mol. The Bertz CT molecular complexity index is 544. The van der Waals surface area contributed by atoms with Crippen LogP contribution in [0.2, 0.25) is 0 Å². The number of nitrogens with one attached hydrogen (secondary N) is 2. The fourth-order valence-corrected chi connectivity index (χ4v) is 2.21. The highest BCUT2D eigenvalue weighted by molar-refractivity contribution is 9.10.